The molecule has 2 aromatic carbocycles. The lowest BCUT2D eigenvalue weighted by atomic mass is 10.1. The highest BCUT2D eigenvalue weighted by Crippen LogP contribution is 2.29. The van der Waals surface area contributed by atoms with Crippen LogP contribution in [0.5, 0.6) is 0 Å². The molecule has 1 aromatic heterocycles. The predicted molar refractivity (Wildman–Crippen MR) is 112 cm³/mol. The van der Waals surface area contributed by atoms with Gasteiger partial charge in [-0.05, 0) is 42.7 Å². The van der Waals surface area contributed by atoms with E-state index in [0.29, 0.717) is 23.5 Å². The molecule has 28 heavy (non-hydrogen) atoms. The first kappa shape index (κ1) is 18.4. The molecular formula is C23H22N2O2S. The molecule has 0 bridgehead atoms. The lowest BCUT2D eigenvalue weighted by Crippen LogP contribution is -2.35. The summed E-state index contributed by atoms with van der Waals surface area (Å²) in [5.41, 5.74) is 2.87. The number of carbonyl (C=O) groups excluding carboxylic acids is 2. The normalized spacial score (nSPS) is 14.2. The van der Waals surface area contributed by atoms with E-state index in [1.807, 2.05) is 78.6 Å². The Morgan fingerprint density at radius 2 is 1.71 bits per heavy atom. The van der Waals surface area contributed by atoms with Crippen LogP contribution in [-0.4, -0.2) is 23.3 Å². The first-order chi connectivity index (χ1) is 13.6. The van der Waals surface area contributed by atoms with Gasteiger partial charge in [0.15, 0.2) is 0 Å². The molecule has 3 aromatic rings. The van der Waals surface area contributed by atoms with E-state index in [1.165, 1.54) is 4.88 Å². The van der Waals surface area contributed by atoms with Gasteiger partial charge in [-0.2, -0.15) is 0 Å². The Labute approximate surface area is 168 Å². The van der Waals surface area contributed by atoms with E-state index < -0.39 is 0 Å². The van der Waals surface area contributed by atoms with Crippen LogP contribution in [0, 0.1) is 0 Å². The van der Waals surface area contributed by atoms with Crippen LogP contribution >= 0.6 is 11.3 Å². The third kappa shape index (κ3) is 3.85. The zero-order valence-corrected chi connectivity index (χ0v) is 16.5. The lowest BCUT2D eigenvalue weighted by molar-refractivity contribution is 0.0736. The summed E-state index contributed by atoms with van der Waals surface area (Å²) in [6.45, 7) is 3.23. The van der Waals surface area contributed by atoms with Gasteiger partial charge in [-0.15, -0.1) is 11.3 Å². The molecular weight excluding hydrogens is 368 g/mol. The van der Waals surface area contributed by atoms with Crippen molar-refractivity contribution < 1.29 is 9.59 Å². The molecule has 142 valence electrons. The molecule has 5 heteroatoms. The van der Waals surface area contributed by atoms with E-state index in [9.17, 15) is 9.59 Å². The summed E-state index contributed by atoms with van der Waals surface area (Å²) < 4.78 is 0. The summed E-state index contributed by atoms with van der Waals surface area (Å²) in [4.78, 5) is 29.2. The molecule has 0 aliphatic carbocycles. The monoisotopic (exact) mass is 390 g/mol. The Morgan fingerprint density at radius 1 is 1.04 bits per heavy atom. The van der Waals surface area contributed by atoms with Gasteiger partial charge in [0.05, 0.1) is 10.9 Å². The average molecular weight is 391 g/mol. The molecule has 1 aliphatic heterocycles. The smallest absolute Gasteiger partial charge is 0.261 e. The molecule has 1 unspecified atom stereocenters. The Balaban J connectivity index is 1.45. The second kappa shape index (κ2) is 7.98. The van der Waals surface area contributed by atoms with E-state index in [1.54, 1.807) is 11.3 Å². The minimum absolute atomic E-state index is 0.0427. The molecule has 0 radical (unpaired) electrons. The van der Waals surface area contributed by atoms with Gasteiger partial charge in [0, 0.05) is 23.5 Å². The number of nitrogens with zero attached hydrogens (tertiary/aromatic N) is 1. The summed E-state index contributed by atoms with van der Waals surface area (Å²) in [6.07, 6.45) is 0.792. The van der Waals surface area contributed by atoms with Crippen LogP contribution < -0.4 is 5.32 Å². The third-order valence-electron chi connectivity index (χ3n) is 5.05. The van der Waals surface area contributed by atoms with Gasteiger partial charge >= 0.3 is 0 Å². The predicted octanol–water partition coefficient (Wildman–Crippen LogP) is 4.44. The van der Waals surface area contributed by atoms with E-state index >= 15 is 0 Å². The molecule has 0 fully saturated rings. The number of carbonyl (C=O) groups is 2. The van der Waals surface area contributed by atoms with Crippen molar-refractivity contribution >= 4 is 23.2 Å². The second-order valence-electron chi connectivity index (χ2n) is 7.01. The average Bonchev–Trinajstić information content (AvgIpc) is 3.18. The number of thiophene rings is 1. The van der Waals surface area contributed by atoms with Crippen LogP contribution in [0.25, 0.3) is 0 Å². The van der Waals surface area contributed by atoms with Crippen molar-refractivity contribution in [2.75, 3.05) is 6.54 Å². The number of rotatable bonds is 4. The SMILES string of the molecule is CC(NC(=O)c1cc2c(s1)CCN(C(=O)c1ccccc1)C2)c1ccccc1. The number of amides is 2. The zero-order chi connectivity index (χ0) is 19.5. The fourth-order valence-corrected chi connectivity index (χ4v) is 4.54. The molecule has 1 N–H and O–H groups in total. The topological polar surface area (TPSA) is 49.4 Å². The van der Waals surface area contributed by atoms with Gasteiger partial charge in [-0.1, -0.05) is 48.5 Å². The third-order valence-corrected chi connectivity index (χ3v) is 6.28. The standard InChI is InChI=1S/C23H22N2O2S/c1-16(17-8-4-2-5-9-17)24-22(26)21-14-19-15-25(13-12-20(19)28-21)23(27)18-10-6-3-7-11-18/h2-11,14,16H,12-13,15H2,1H3,(H,24,26). The summed E-state index contributed by atoms with van der Waals surface area (Å²) in [6, 6.07) is 21.2. The van der Waals surface area contributed by atoms with Crippen molar-refractivity contribution in [3.8, 4) is 0 Å². The van der Waals surface area contributed by atoms with Gasteiger partial charge in [-0.3, -0.25) is 9.59 Å². The summed E-state index contributed by atoms with van der Waals surface area (Å²) in [7, 11) is 0. The first-order valence-corrected chi connectivity index (χ1v) is 10.2. The van der Waals surface area contributed by atoms with Crippen molar-refractivity contribution in [2.24, 2.45) is 0 Å². The van der Waals surface area contributed by atoms with E-state index in [4.69, 9.17) is 0 Å². The van der Waals surface area contributed by atoms with E-state index in [2.05, 4.69) is 5.32 Å². The molecule has 0 saturated heterocycles. The van der Waals surface area contributed by atoms with Gasteiger partial charge in [0.2, 0.25) is 0 Å². The summed E-state index contributed by atoms with van der Waals surface area (Å²) in [5.74, 6) is -0.0159. The lowest BCUT2D eigenvalue weighted by Gasteiger charge is -2.27. The Kier molecular flexibility index (Phi) is 5.26. The fourth-order valence-electron chi connectivity index (χ4n) is 3.47. The highest BCUT2D eigenvalue weighted by atomic mass is 32.1. The largest absolute Gasteiger partial charge is 0.345 e. The number of fused-ring (bicyclic) bond motifs is 1. The highest BCUT2D eigenvalue weighted by molar-refractivity contribution is 7.14. The maximum Gasteiger partial charge on any atom is 0.261 e. The molecule has 2 heterocycles. The van der Waals surface area contributed by atoms with E-state index in [-0.39, 0.29) is 17.9 Å². The zero-order valence-electron chi connectivity index (χ0n) is 15.7. The van der Waals surface area contributed by atoms with Crippen LogP contribution in [0.2, 0.25) is 0 Å². The van der Waals surface area contributed by atoms with Crippen molar-refractivity contribution in [2.45, 2.75) is 25.9 Å². The number of nitrogens with one attached hydrogen (secondary N) is 1. The van der Waals surface area contributed by atoms with Gasteiger partial charge in [0.25, 0.3) is 11.8 Å². The van der Waals surface area contributed by atoms with Gasteiger partial charge in [-0.25, -0.2) is 0 Å². The molecule has 2 amide bonds. The van der Waals surface area contributed by atoms with Gasteiger partial charge < -0.3 is 10.2 Å². The maximum absolute atomic E-state index is 12.7. The Hall–Kier alpha value is -2.92. The van der Waals surface area contributed by atoms with Crippen molar-refractivity contribution in [1.29, 1.82) is 0 Å². The molecule has 4 nitrogen and oxygen atoms in total. The van der Waals surface area contributed by atoms with Crippen LogP contribution in [0.4, 0.5) is 0 Å². The van der Waals surface area contributed by atoms with Crippen LogP contribution in [0.1, 0.15) is 49.0 Å². The molecule has 4 rings (SSSR count). The van der Waals surface area contributed by atoms with Crippen LogP contribution in [0.3, 0.4) is 0 Å². The van der Waals surface area contributed by atoms with E-state index in [0.717, 1.165) is 17.5 Å². The fraction of sp³-hybridized carbons (Fsp3) is 0.217. The number of hydrogen-bond acceptors (Lipinski definition) is 3. The highest BCUT2D eigenvalue weighted by Gasteiger charge is 2.25. The van der Waals surface area contributed by atoms with Crippen LogP contribution in [0.15, 0.2) is 66.7 Å². The summed E-state index contributed by atoms with van der Waals surface area (Å²) >= 11 is 1.54. The number of benzene rings is 2. The van der Waals surface area contributed by atoms with Crippen molar-refractivity contribution in [3.05, 3.63) is 93.2 Å². The summed E-state index contributed by atoms with van der Waals surface area (Å²) in [5, 5.41) is 3.07. The molecule has 0 saturated carbocycles. The first-order valence-electron chi connectivity index (χ1n) is 9.43. The molecule has 0 spiro atoms. The maximum atomic E-state index is 12.7. The minimum Gasteiger partial charge on any atom is -0.345 e. The van der Waals surface area contributed by atoms with Gasteiger partial charge in [0.1, 0.15) is 0 Å². The van der Waals surface area contributed by atoms with Crippen molar-refractivity contribution in [1.82, 2.24) is 10.2 Å². The molecule has 1 atom stereocenters. The number of hydrogen-bond donors (Lipinski definition) is 1. The van der Waals surface area contributed by atoms with Crippen LogP contribution in [-0.2, 0) is 13.0 Å². The van der Waals surface area contributed by atoms with Crippen molar-refractivity contribution in [3.63, 3.8) is 0 Å². The quantitative estimate of drug-likeness (QED) is 0.716. The minimum atomic E-state index is -0.0586. The Morgan fingerprint density at radius 3 is 2.43 bits per heavy atom. The second-order valence-corrected chi connectivity index (χ2v) is 8.14. The Bertz CT molecular complexity index is 982. The molecule has 1 aliphatic rings.